The lowest BCUT2D eigenvalue weighted by Crippen LogP contribution is -2.52. The Morgan fingerprint density at radius 2 is 1.94 bits per heavy atom. The van der Waals surface area contributed by atoms with Crippen molar-refractivity contribution in [2.75, 3.05) is 31.4 Å². The zero-order valence-corrected chi connectivity index (χ0v) is 16.1. The number of imide groups is 1. The van der Waals surface area contributed by atoms with Crippen LogP contribution in [0.5, 0.6) is 0 Å². The summed E-state index contributed by atoms with van der Waals surface area (Å²) in [5, 5.41) is 3.34. The topological polar surface area (TPSA) is 91.0 Å². The summed E-state index contributed by atoms with van der Waals surface area (Å²) < 4.78 is 214. The van der Waals surface area contributed by atoms with Gasteiger partial charge in [-0.15, -0.1) is 0 Å². The quantitative estimate of drug-likeness (QED) is 0.623. The van der Waals surface area contributed by atoms with Gasteiger partial charge in [-0.3, -0.25) is 24.6 Å². The molecular weight excluding hydrogens is 420 g/mol. The molecule has 0 saturated carbocycles. The monoisotopic (exact) mass is 473 g/mol. The van der Waals surface area contributed by atoms with E-state index in [0.29, 0.717) is 0 Å². The smallest absolute Gasteiger partial charge is 0.255 e. The Labute approximate surface area is 228 Å². The molecule has 172 valence electrons. The number of benzene rings is 2. The van der Waals surface area contributed by atoms with Gasteiger partial charge < -0.3 is 15.0 Å². The molecule has 3 heterocycles. The van der Waals surface area contributed by atoms with Gasteiger partial charge in [-0.25, -0.2) is 0 Å². The number of piperidine rings is 1. The van der Waals surface area contributed by atoms with Gasteiger partial charge in [-0.2, -0.15) is 0 Å². The molecule has 8 heteroatoms. The Bertz CT molecular complexity index is 2170. The molecule has 1 unspecified atom stereocenters. The summed E-state index contributed by atoms with van der Waals surface area (Å²) in [6.07, 6.45) is -7.32. The van der Waals surface area contributed by atoms with E-state index in [1.807, 2.05) is 5.32 Å². The molecule has 1 atom stereocenters. The minimum absolute atomic E-state index is 0.230. The molecule has 2 saturated heterocycles. The third kappa shape index (κ3) is 4.62. The van der Waals surface area contributed by atoms with E-state index in [1.54, 1.807) is 0 Å². The Morgan fingerprint density at radius 1 is 1.15 bits per heavy atom. The SMILES string of the molecule is [2H]c1c([2H])c(NC([2H])([2H])c2c([2H])c([2H])c([2H])c(C([2H])([2H])N3C([2H])([2H])C([2H])([2H])OC([2H])([2H])C3([2H])[2H])c2[2H])c2c(c1[2H])C(=O)N(C1C(=O)NC(=O)C([2H])([2H])C1([2H])[2H])C2([2H])[2H]. The number of nitrogens with zero attached hydrogens (tertiary/aromatic N) is 2. The highest BCUT2D eigenvalue weighted by Crippen LogP contribution is 2.32. The van der Waals surface area contributed by atoms with E-state index < -0.39 is 157 Å². The van der Waals surface area contributed by atoms with E-state index in [2.05, 4.69) is 4.74 Å². The van der Waals surface area contributed by atoms with E-state index in [0.717, 1.165) is 0 Å². The number of anilines is 1. The van der Waals surface area contributed by atoms with Crippen molar-refractivity contribution in [1.29, 1.82) is 0 Å². The second-order valence-corrected chi connectivity index (χ2v) is 6.25. The van der Waals surface area contributed by atoms with Crippen LogP contribution in [0.15, 0.2) is 42.3 Å². The molecule has 2 N–H and O–H groups in total. The molecule has 0 aromatic heterocycles. The zero-order chi connectivity index (χ0) is 45.0. The summed E-state index contributed by atoms with van der Waals surface area (Å²) in [5.41, 5.74) is -6.88. The van der Waals surface area contributed by atoms with Gasteiger partial charge in [0.15, 0.2) is 0 Å². The van der Waals surface area contributed by atoms with Crippen LogP contribution in [0.1, 0.15) is 74.1 Å². The molecule has 2 fully saturated rings. The molecule has 3 aliphatic rings. The predicted molar refractivity (Wildman–Crippen MR) is 122 cm³/mol. The van der Waals surface area contributed by atoms with Crippen molar-refractivity contribution in [3.05, 3.63) is 64.6 Å². The lowest BCUT2D eigenvalue weighted by atomic mass is 10.0. The van der Waals surface area contributed by atoms with E-state index in [9.17, 15) is 14.4 Å². The summed E-state index contributed by atoms with van der Waals surface area (Å²) in [7, 11) is 0. The minimum Gasteiger partial charge on any atom is -0.381 e. The van der Waals surface area contributed by atoms with Crippen LogP contribution >= 0.6 is 0 Å². The van der Waals surface area contributed by atoms with Gasteiger partial charge in [0.05, 0.1) is 33.7 Å². The van der Waals surface area contributed by atoms with Crippen molar-refractivity contribution in [3.63, 3.8) is 0 Å². The van der Waals surface area contributed by atoms with Crippen LogP contribution in [0.3, 0.4) is 0 Å². The van der Waals surface area contributed by atoms with Gasteiger partial charge >= 0.3 is 0 Å². The molecule has 2 aromatic carbocycles. The number of amides is 3. The largest absolute Gasteiger partial charge is 0.381 e. The summed E-state index contributed by atoms with van der Waals surface area (Å²) in [6.45, 7) is -27.3. The van der Waals surface area contributed by atoms with Crippen LogP contribution in [-0.4, -0.2) is 59.7 Å². The van der Waals surface area contributed by atoms with E-state index in [1.165, 1.54) is 5.32 Å². The third-order valence-corrected chi connectivity index (χ3v) is 4.18. The normalized spacial score (nSPS) is 43.8. The summed E-state index contributed by atoms with van der Waals surface area (Å²) >= 11 is 0. The summed E-state index contributed by atoms with van der Waals surface area (Å²) in [4.78, 5) is 38.2. The fraction of sp³-hybridized carbons (Fsp3) is 0.400. The van der Waals surface area contributed by atoms with Crippen LogP contribution < -0.4 is 10.6 Å². The average Bonchev–Trinajstić information content (AvgIpc) is 3.22. The van der Waals surface area contributed by atoms with Crippen LogP contribution in [0.4, 0.5) is 5.69 Å². The Hall–Kier alpha value is -3.23. The fourth-order valence-corrected chi connectivity index (χ4v) is 2.78. The number of hydrogen-bond acceptors (Lipinski definition) is 6. The number of carbonyl (C=O) groups is 3. The summed E-state index contributed by atoms with van der Waals surface area (Å²) in [6, 6.07) is -12.6. The first kappa shape index (κ1) is 7.13. The predicted octanol–water partition coefficient (Wildman–Crippen LogP) is 1.89. The van der Waals surface area contributed by atoms with Gasteiger partial charge in [-0.1, -0.05) is 30.2 Å². The maximum Gasteiger partial charge on any atom is 0.255 e. The molecule has 33 heavy (non-hydrogen) atoms. The highest BCUT2D eigenvalue weighted by Gasteiger charge is 2.39. The number of fused-ring (bicyclic) bond motifs is 1. The van der Waals surface area contributed by atoms with E-state index in [-0.39, 0.29) is 4.90 Å². The maximum atomic E-state index is 13.9. The van der Waals surface area contributed by atoms with Gasteiger partial charge in [0, 0.05) is 69.4 Å². The molecule has 3 amide bonds. The first-order chi connectivity index (χ1) is 25.7. The first-order valence-electron chi connectivity index (χ1n) is 21.5. The number of morpholine rings is 1. The fourth-order valence-electron chi connectivity index (χ4n) is 2.78. The van der Waals surface area contributed by atoms with Crippen molar-refractivity contribution in [1.82, 2.24) is 15.1 Å². The molecule has 0 bridgehead atoms. The van der Waals surface area contributed by atoms with Crippen molar-refractivity contribution < 1.29 is 53.4 Å². The van der Waals surface area contributed by atoms with Gasteiger partial charge in [0.1, 0.15) is 6.04 Å². The van der Waals surface area contributed by atoms with Crippen molar-refractivity contribution in [2.24, 2.45) is 0 Å². The molecule has 0 spiro atoms. The number of rotatable bonds is 6. The van der Waals surface area contributed by atoms with Crippen LogP contribution in [0.2, 0.25) is 0 Å². The Morgan fingerprint density at radius 3 is 2.79 bits per heavy atom. The summed E-state index contributed by atoms with van der Waals surface area (Å²) in [5.74, 6) is -5.32. The van der Waals surface area contributed by atoms with Gasteiger partial charge in [0.25, 0.3) is 5.91 Å². The Balaban J connectivity index is 1.75. The zero-order valence-electron chi connectivity index (χ0n) is 41.1. The lowest BCUT2D eigenvalue weighted by molar-refractivity contribution is -0.136. The van der Waals surface area contributed by atoms with Crippen LogP contribution in [-0.2, 0) is 33.8 Å². The van der Waals surface area contributed by atoms with E-state index in [4.69, 9.17) is 34.3 Å². The standard InChI is InChI=1S/C25H28N4O4/c30-23-8-7-22(24(31)27-23)29-16-20-19(25(29)32)5-2-6-21(20)26-14-17-3-1-4-18(13-17)15-28-9-11-33-12-10-28/h1-6,13,22,26H,7-12,14-16H2,(H,27,30,31)/i1D,2D,3D,4D,5D,6D,7D2,8D2,9D2,10D2,11D2,12D2,13D,14D2,15D2,16D2. The average molecular weight is 474 g/mol. The molecule has 8 nitrogen and oxygen atoms in total. The van der Waals surface area contributed by atoms with Gasteiger partial charge in [0.2, 0.25) is 11.8 Å². The van der Waals surface area contributed by atoms with E-state index >= 15 is 0 Å². The molecule has 0 aliphatic carbocycles. The molecule has 2 aromatic rings. The molecular formula is C25H28N4O4. The van der Waals surface area contributed by atoms with Crippen molar-refractivity contribution in [3.8, 4) is 0 Å². The highest BCUT2D eigenvalue weighted by atomic mass is 16.5. The number of ether oxygens (including phenoxy) is 1. The molecule has 0 radical (unpaired) electrons. The highest BCUT2D eigenvalue weighted by molar-refractivity contribution is 6.06. The number of hydrogen-bond donors (Lipinski definition) is 2. The third-order valence-electron chi connectivity index (χ3n) is 4.18. The number of nitrogens with one attached hydrogen (secondary N) is 2. The first-order valence-corrected chi connectivity index (χ1v) is 8.97. The molecule has 3 aliphatic heterocycles. The van der Waals surface area contributed by atoms with Crippen molar-refractivity contribution >= 4 is 23.4 Å². The minimum atomic E-state index is -4.11. The van der Waals surface area contributed by atoms with Gasteiger partial charge in [-0.05, 0) is 29.6 Å². The second-order valence-electron chi connectivity index (χ2n) is 6.25. The van der Waals surface area contributed by atoms with Crippen LogP contribution in [0.25, 0.3) is 0 Å². The second kappa shape index (κ2) is 9.33. The lowest BCUT2D eigenvalue weighted by Gasteiger charge is -2.29. The number of carbonyl (C=O) groups excluding carboxylic acids is 3. The molecule has 5 rings (SSSR count). The maximum absolute atomic E-state index is 13.9. The van der Waals surface area contributed by atoms with Crippen LogP contribution in [0, 0.1) is 0 Å². The van der Waals surface area contributed by atoms with Crippen molar-refractivity contribution in [2.45, 2.75) is 38.3 Å². The Kier molecular flexibility index (Phi) is 2.02.